The average molecular weight is 296 g/mol. The van der Waals surface area contributed by atoms with E-state index in [9.17, 15) is 4.79 Å². The summed E-state index contributed by atoms with van der Waals surface area (Å²) < 4.78 is 2.34. The van der Waals surface area contributed by atoms with Gasteiger partial charge in [0.05, 0.1) is 5.75 Å². The van der Waals surface area contributed by atoms with Crippen LogP contribution in [0.1, 0.15) is 59.1 Å². The third-order valence-electron chi connectivity index (χ3n) is 4.24. The summed E-state index contributed by atoms with van der Waals surface area (Å²) in [5.74, 6) is -0.721. The van der Waals surface area contributed by atoms with E-state index in [0.717, 1.165) is 11.6 Å². The summed E-state index contributed by atoms with van der Waals surface area (Å²) in [5, 5.41) is 9.77. The monoisotopic (exact) mass is 296 g/mol. The first-order valence-corrected chi connectivity index (χ1v) is 8.22. The van der Waals surface area contributed by atoms with Crippen LogP contribution < -0.4 is 0 Å². The normalized spacial score (nSPS) is 17.8. The molecule has 0 unspecified atom stereocenters. The Labute approximate surface area is 125 Å². The van der Waals surface area contributed by atoms with E-state index in [4.69, 9.17) is 5.11 Å². The van der Waals surface area contributed by atoms with E-state index < -0.39 is 5.97 Å². The van der Waals surface area contributed by atoms with Crippen LogP contribution in [0.4, 0.5) is 0 Å². The minimum Gasteiger partial charge on any atom is -0.481 e. The van der Waals surface area contributed by atoms with Crippen LogP contribution >= 0.6 is 11.8 Å². The summed E-state index contributed by atoms with van der Waals surface area (Å²) in [6.07, 6.45) is 6.60. The van der Waals surface area contributed by atoms with Crippen LogP contribution in [0.2, 0.25) is 0 Å². The molecule has 4 nitrogen and oxygen atoms in total. The lowest BCUT2D eigenvalue weighted by molar-refractivity contribution is -0.133. The number of rotatable bonds is 5. The van der Waals surface area contributed by atoms with Crippen LogP contribution in [0.5, 0.6) is 0 Å². The highest BCUT2D eigenvalue weighted by molar-refractivity contribution is 7.99. The molecule has 1 saturated carbocycles. The highest BCUT2D eigenvalue weighted by Gasteiger charge is 2.41. The Morgan fingerprint density at radius 3 is 2.55 bits per heavy atom. The van der Waals surface area contributed by atoms with Gasteiger partial charge in [-0.3, -0.25) is 4.79 Å². The van der Waals surface area contributed by atoms with E-state index in [1.54, 1.807) is 0 Å². The van der Waals surface area contributed by atoms with Gasteiger partial charge in [-0.1, -0.05) is 39.5 Å². The van der Waals surface area contributed by atoms with Crippen molar-refractivity contribution in [3.05, 3.63) is 11.9 Å². The van der Waals surface area contributed by atoms with Gasteiger partial charge in [0, 0.05) is 22.8 Å². The highest BCUT2D eigenvalue weighted by atomic mass is 32.2. The Bertz CT molecular complexity index is 493. The number of hydrogen-bond donors (Lipinski definition) is 1. The molecule has 20 heavy (non-hydrogen) atoms. The van der Waals surface area contributed by atoms with Gasteiger partial charge in [0.2, 0.25) is 0 Å². The third kappa shape index (κ3) is 2.73. The molecular formula is C15H24N2O2S. The standard InChI is InChI=1S/C15H24N2O2S/c1-5-15(7-6-8-15)17-11(14(2,3)4)9-16-13(17)20-10-12(18)19/h9H,5-8,10H2,1-4H3,(H,18,19). The molecule has 1 aliphatic carbocycles. The van der Waals surface area contributed by atoms with Gasteiger partial charge < -0.3 is 9.67 Å². The van der Waals surface area contributed by atoms with Crippen LogP contribution in [-0.2, 0) is 15.7 Å². The first-order chi connectivity index (χ1) is 9.30. The fourth-order valence-corrected chi connectivity index (χ4v) is 3.67. The predicted octanol–water partition coefficient (Wildman–Crippen LogP) is 3.65. The molecule has 112 valence electrons. The zero-order valence-electron chi connectivity index (χ0n) is 12.8. The summed E-state index contributed by atoms with van der Waals surface area (Å²) in [5.41, 5.74) is 1.39. The smallest absolute Gasteiger partial charge is 0.313 e. The van der Waals surface area contributed by atoms with Gasteiger partial charge in [0.1, 0.15) is 0 Å². The Balaban J connectivity index is 2.43. The summed E-state index contributed by atoms with van der Waals surface area (Å²) in [4.78, 5) is 15.3. The topological polar surface area (TPSA) is 55.1 Å². The molecule has 0 spiro atoms. The molecule has 0 radical (unpaired) electrons. The van der Waals surface area contributed by atoms with Crippen molar-refractivity contribution in [3.63, 3.8) is 0 Å². The first-order valence-electron chi connectivity index (χ1n) is 7.23. The predicted molar refractivity (Wildman–Crippen MR) is 81.4 cm³/mol. The summed E-state index contributed by atoms with van der Waals surface area (Å²) >= 11 is 1.34. The van der Waals surface area contributed by atoms with Crippen LogP contribution in [0.3, 0.4) is 0 Å². The SMILES string of the molecule is CCC1(n2c(C(C)(C)C)cnc2SCC(=O)O)CCC1. The minimum atomic E-state index is -0.791. The molecule has 1 heterocycles. The maximum Gasteiger partial charge on any atom is 0.313 e. The molecule has 1 fully saturated rings. The van der Waals surface area contributed by atoms with Gasteiger partial charge in [-0.25, -0.2) is 4.98 Å². The van der Waals surface area contributed by atoms with E-state index in [2.05, 4.69) is 37.2 Å². The largest absolute Gasteiger partial charge is 0.481 e. The number of nitrogens with zero attached hydrogens (tertiary/aromatic N) is 2. The Kier molecular flexibility index (Phi) is 4.19. The lowest BCUT2D eigenvalue weighted by Crippen LogP contribution is -2.43. The number of aliphatic carboxylic acids is 1. The molecule has 0 saturated heterocycles. The molecule has 0 amide bonds. The summed E-state index contributed by atoms with van der Waals surface area (Å²) in [6, 6.07) is 0. The number of carbonyl (C=O) groups is 1. The van der Waals surface area contributed by atoms with Crippen LogP contribution in [-0.4, -0.2) is 26.4 Å². The van der Waals surface area contributed by atoms with Crippen molar-refractivity contribution in [2.24, 2.45) is 0 Å². The molecule has 0 aromatic carbocycles. The van der Waals surface area contributed by atoms with Crippen molar-refractivity contribution in [3.8, 4) is 0 Å². The molecular weight excluding hydrogens is 272 g/mol. The third-order valence-corrected chi connectivity index (χ3v) is 5.18. The summed E-state index contributed by atoms with van der Waals surface area (Å²) in [6.45, 7) is 8.79. The van der Waals surface area contributed by atoms with Gasteiger partial charge >= 0.3 is 5.97 Å². The number of aromatic nitrogens is 2. The second-order valence-corrected chi connectivity index (χ2v) is 7.57. The van der Waals surface area contributed by atoms with E-state index in [1.165, 1.54) is 36.7 Å². The van der Waals surface area contributed by atoms with Gasteiger partial charge in [0.15, 0.2) is 5.16 Å². The first kappa shape index (κ1) is 15.4. The molecule has 5 heteroatoms. The lowest BCUT2D eigenvalue weighted by Gasteiger charge is -2.45. The average Bonchev–Trinajstić information content (AvgIpc) is 2.70. The van der Waals surface area contributed by atoms with Crippen molar-refractivity contribution in [2.45, 2.75) is 69.5 Å². The lowest BCUT2D eigenvalue weighted by atomic mass is 9.73. The maximum atomic E-state index is 10.8. The Morgan fingerprint density at radius 2 is 2.15 bits per heavy atom. The van der Waals surface area contributed by atoms with Crippen molar-refractivity contribution < 1.29 is 9.90 Å². The molecule has 1 aromatic heterocycles. The van der Waals surface area contributed by atoms with E-state index in [1.807, 2.05) is 6.20 Å². The minimum absolute atomic E-state index is 0.0206. The Morgan fingerprint density at radius 1 is 1.50 bits per heavy atom. The van der Waals surface area contributed by atoms with Gasteiger partial charge in [-0.15, -0.1) is 0 Å². The molecule has 0 atom stereocenters. The number of imidazole rings is 1. The highest BCUT2D eigenvalue weighted by Crippen LogP contribution is 2.46. The molecule has 1 aliphatic rings. The van der Waals surface area contributed by atoms with E-state index in [0.29, 0.717) is 0 Å². The van der Waals surface area contributed by atoms with Crippen LogP contribution in [0.25, 0.3) is 0 Å². The van der Waals surface area contributed by atoms with Gasteiger partial charge in [0.25, 0.3) is 0 Å². The molecule has 1 aromatic rings. The second-order valence-electron chi connectivity index (χ2n) is 6.63. The van der Waals surface area contributed by atoms with Crippen molar-refractivity contribution in [1.82, 2.24) is 9.55 Å². The zero-order valence-corrected chi connectivity index (χ0v) is 13.6. The number of hydrogen-bond acceptors (Lipinski definition) is 3. The Hall–Kier alpha value is -0.970. The fraction of sp³-hybridized carbons (Fsp3) is 0.733. The zero-order chi connectivity index (χ0) is 15.0. The van der Waals surface area contributed by atoms with Crippen molar-refractivity contribution in [2.75, 3.05) is 5.75 Å². The molecule has 0 bridgehead atoms. The molecule has 0 aliphatic heterocycles. The van der Waals surface area contributed by atoms with Gasteiger partial charge in [-0.2, -0.15) is 0 Å². The van der Waals surface area contributed by atoms with Crippen molar-refractivity contribution >= 4 is 17.7 Å². The van der Waals surface area contributed by atoms with Crippen LogP contribution in [0, 0.1) is 0 Å². The van der Waals surface area contributed by atoms with E-state index in [-0.39, 0.29) is 16.7 Å². The van der Waals surface area contributed by atoms with E-state index >= 15 is 0 Å². The van der Waals surface area contributed by atoms with Crippen LogP contribution in [0.15, 0.2) is 11.4 Å². The maximum absolute atomic E-state index is 10.8. The summed E-state index contributed by atoms with van der Waals surface area (Å²) in [7, 11) is 0. The van der Waals surface area contributed by atoms with Gasteiger partial charge in [-0.05, 0) is 25.7 Å². The number of thioether (sulfide) groups is 1. The fourth-order valence-electron chi connectivity index (χ4n) is 2.87. The quantitative estimate of drug-likeness (QED) is 0.843. The second kappa shape index (κ2) is 5.43. The molecule has 1 N–H and O–H groups in total. The molecule has 2 rings (SSSR count). The van der Waals surface area contributed by atoms with Crippen molar-refractivity contribution in [1.29, 1.82) is 0 Å². The number of carboxylic acid groups (broad SMARTS) is 1. The number of carboxylic acids is 1.